The number of anilines is 2. The number of halogens is 1. The predicted molar refractivity (Wildman–Crippen MR) is 140 cm³/mol. The second-order valence-corrected chi connectivity index (χ2v) is 9.43. The van der Waals surface area contributed by atoms with Crippen LogP contribution in [0.2, 0.25) is 0 Å². The van der Waals surface area contributed by atoms with Gasteiger partial charge in [-0.1, -0.05) is 12.1 Å². The van der Waals surface area contributed by atoms with Crippen molar-refractivity contribution in [3.8, 4) is 0 Å². The number of carbonyl (C=O) groups is 2. The maximum Gasteiger partial charge on any atom is 0.261 e. The van der Waals surface area contributed by atoms with Crippen LogP contribution in [-0.2, 0) is 12.8 Å². The average Bonchev–Trinajstić information content (AvgIpc) is 2.89. The molecule has 0 atom stereocenters. The summed E-state index contributed by atoms with van der Waals surface area (Å²) in [7, 11) is 0. The van der Waals surface area contributed by atoms with Gasteiger partial charge in [-0.3, -0.25) is 9.59 Å². The molecule has 3 heterocycles. The van der Waals surface area contributed by atoms with Crippen LogP contribution in [0.25, 0.3) is 11.0 Å². The second-order valence-electron chi connectivity index (χ2n) is 9.43. The molecule has 4 aromatic rings. The van der Waals surface area contributed by atoms with Crippen molar-refractivity contribution in [2.24, 2.45) is 10.7 Å². The summed E-state index contributed by atoms with van der Waals surface area (Å²) in [6, 6.07) is 16.1. The molecule has 37 heavy (non-hydrogen) atoms. The molecule has 2 aliphatic heterocycles. The van der Waals surface area contributed by atoms with Crippen molar-refractivity contribution in [3.63, 3.8) is 0 Å². The Bertz CT molecular complexity index is 1640. The zero-order chi connectivity index (χ0) is 25.5. The van der Waals surface area contributed by atoms with E-state index in [9.17, 15) is 14.0 Å². The second kappa shape index (κ2) is 9.20. The lowest BCUT2D eigenvalue weighted by molar-refractivity contribution is 0.0997. The van der Waals surface area contributed by atoms with Gasteiger partial charge in [0.1, 0.15) is 17.0 Å². The number of fused-ring (bicyclic) bond motifs is 2. The number of nitrogens with two attached hydrogens (primary N) is 1. The van der Waals surface area contributed by atoms with Gasteiger partial charge in [0.2, 0.25) is 11.5 Å². The van der Waals surface area contributed by atoms with Crippen LogP contribution in [0.4, 0.5) is 21.5 Å². The van der Waals surface area contributed by atoms with Crippen LogP contribution < -0.4 is 21.5 Å². The molecule has 0 spiro atoms. The highest BCUT2D eigenvalue weighted by atomic mass is 19.1. The van der Waals surface area contributed by atoms with Gasteiger partial charge in [-0.25, -0.2) is 9.38 Å². The van der Waals surface area contributed by atoms with Gasteiger partial charge in [0, 0.05) is 41.0 Å². The minimum Gasteiger partial charge on any atom is -0.437 e. The Labute approximate surface area is 212 Å². The molecule has 186 valence electrons. The summed E-state index contributed by atoms with van der Waals surface area (Å²) in [5, 5.41) is 3.57. The average molecular weight is 497 g/mol. The highest BCUT2D eigenvalue weighted by molar-refractivity contribution is 6.06. The van der Waals surface area contributed by atoms with E-state index in [1.165, 1.54) is 29.4 Å². The van der Waals surface area contributed by atoms with Crippen molar-refractivity contribution in [2.45, 2.75) is 25.7 Å². The Morgan fingerprint density at radius 3 is 2.62 bits per heavy atom. The Kier molecular flexibility index (Phi) is 5.71. The fourth-order valence-electron chi connectivity index (χ4n) is 5.31. The fourth-order valence-corrected chi connectivity index (χ4v) is 5.31. The minimum atomic E-state index is -0.576. The summed E-state index contributed by atoms with van der Waals surface area (Å²) >= 11 is 0. The molecular weight excluding hydrogens is 471 g/mol. The lowest BCUT2D eigenvalue weighted by Crippen LogP contribution is -2.34. The highest BCUT2D eigenvalue weighted by Gasteiger charge is 2.27. The Hall–Kier alpha value is -4.46. The van der Waals surface area contributed by atoms with Gasteiger partial charge in [0.05, 0.1) is 5.69 Å². The SMILES string of the molecule is NC(=O)c1cccc(N=c2oc3c4c5c(cc3cc2C(=O)Nc2cccc(F)c2)CCCN5CCC4)c1. The van der Waals surface area contributed by atoms with E-state index in [4.69, 9.17) is 10.2 Å². The smallest absolute Gasteiger partial charge is 0.261 e. The van der Waals surface area contributed by atoms with Crippen molar-refractivity contribution < 1.29 is 18.4 Å². The molecule has 2 aliphatic rings. The molecule has 3 aromatic carbocycles. The summed E-state index contributed by atoms with van der Waals surface area (Å²) in [5.41, 5.74) is 11.1. The third kappa shape index (κ3) is 4.35. The summed E-state index contributed by atoms with van der Waals surface area (Å²) < 4.78 is 20.2. The van der Waals surface area contributed by atoms with Crippen LogP contribution in [0.3, 0.4) is 0 Å². The third-order valence-corrected chi connectivity index (χ3v) is 6.92. The largest absolute Gasteiger partial charge is 0.437 e. The number of benzene rings is 3. The number of carbonyl (C=O) groups excluding carboxylic acids is 2. The van der Waals surface area contributed by atoms with Gasteiger partial charge < -0.3 is 20.4 Å². The molecule has 0 saturated carbocycles. The molecule has 0 saturated heterocycles. The molecule has 0 radical (unpaired) electrons. The quantitative estimate of drug-likeness (QED) is 0.422. The third-order valence-electron chi connectivity index (χ3n) is 6.92. The molecule has 0 fully saturated rings. The first-order valence-electron chi connectivity index (χ1n) is 12.4. The zero-order valence-corrected chi connectivity index (χ0v) is 20.1. The van der Waals surface area contributed by atoms with E-state index in [2.05, 4.69) is 21.3 Å². The Balaban J connectivity index is 1.56. The number of amides is 2. The van der Waals surface area contributed by atoms with Gasteiger partial charge in [-0.05, 0) is 79.8 Å². The number of nitrogens with zero attached hydrogens (tertiary/aromatic N) is 2. The minimum absolute atomic E-state index is 0.104. The number of aryl methyl sites for hydroxylation is 2. The monoisotopic (exact) mass is 496 g/mol. The van der Waals surface area contributed by atoms with Crippen LogP contribution in [-0.4, -0.2) is 24.9 Å². The molecule has 0 unspecified atom stereocenters. The molecule has 7 nitrogen and oxygen atoms in total. The topological polar surface area (TPSA) is 101 Å². The zero-order valence-electron chi connectivity index (χ0n) is 20.1. The fraction of sp³-hybridized carbons (Fsp3) is 0.207. The number of primary amides is 1. The Morgan fingerprint density at radius 1 is 1.00 bits per heavy atom. The van der Waals surface area contributed by atoms with E-state index < -0.39 is 17.6 Å². The van der Waals surface area contributed by atoms with Crippen molar-refractivity contribution in [1.29, 1.82) is 0 Å². The lowest BCUT2D eigenvalue weighted by Gasteiger charge is -2.37. The van der Waals surface area contributed by atoms with Crippen LogP contribution in [0.5, 0.6) is 0 Å². The van der Waals surface area contributed by atoms with Gasteiger partial charge >= 0.3 is 0 Å². The van der Waals surface area contributed by atoms with Crippen molar-refractivity contribution in [2.75, 3.05) is 23.3 Å². The maximum absolute atomic E-state index is 13.7. The van der Waals surface area contributed by atoms with E-state index in [-0.39, 0.29) is 11.1 Å². The molecule has 0 bridgehead atoms. The molecule has 0 aliphatic carbocycles. The molecule has 6 rings (SSSR count). The van der Waals surface area contributed by atoms with Crippen molar-refractivity contribution in [1.82, 2.24) is 0 Å². The summed E-state index contributed by atoms with van der Waals surface area (Å²) in [5.74, 6) is -1.51. The van der Waals surface area contributed by atoms with Gasteiger partial charge in [-0.15, -0.1) is 0 Å². The predicted octanol–water partition coefficient (Wildman–Crippen LogP) is 4.85. The summed E-state index contributed by atoms with van der Waals surface area (Å²) in [6.45, 7) is 2.05. The maximum atomic E-state index is 13.7. The highest BCUT2D eigenvalue weighted by Crippen LogP contribution is 2.39. The first-order valence-corrected chi connectivity index (χ1v) is 12.4. The van der Waals surface area contributed by atoms with Crippen LogP contribution >= 0.6 is 0 Å². The molecular formula is C29H25FN4O3. The molecule has 3 N–H and O–H groups in total. The number of hydrogen-bond acceptors (Lipinski definition) is 5. The number of nitrogens with one attached hydrogen (secondary N) is 1. The molecule has 1 aromatic heterocycles. The van der Waals surface area contributed by atoms with Gasteiger partial charge in [0.25, 0.3) is 5.91 Å². The van der Waals surface area contributed by atoms with E-state index in [0.29, 0.717) is 22.5 Å². The molecule has 8 heteroatoms. The van der Waals surface area contributed by atoms with Crippen molar-refractivity contribution in [3.05, 3.63) is 94.3 Å². The first-order chi connectivity index (χ1) is 18.0. The summed E-state index contributed by atoms with van der Waals surface area (Å²) in [6.07, 6.45) is 3.97. The first kappa shape index (κ1) is 23.0. The van der Waals surface area contributed by atoms with E-state index >= 15 is 0 Å². The van der Waals surface area contributed by atoms with Crippen molar-refractivity contribution >= 4 is 39.8 Å². The Morgan fingerprint density at radius 2 is 1.81 bits per heavy atom. The van der Waals surface area contributed by atoms with E-state index in [0.717, 1.165) is 49.7 Å². The van der Waals surface area contributed by atoms with E-state index in [1.807, 2.05) is 0 Å². The van der Waals surface area contributed by atoms with Crippen LogP contribution in [0.1, 0.15) is 44.7 Å². The summed E-state index contributed by atoms with van der Waals surface area (Å²) in [4.78, 5) is 32.2. The van der Waals surface area contributed by atoms with E-state index in [1.54, 1.807) is 36.4 Å². The normalized spacial score (nSPS) is 14.9. The van der Waals surface area contributed by atoms with Gasteiger partial charge in [0.15, 0.2) is 0 Å². The number of hydrogen-bond donors (Lipinski definition) is 2. The lowest BCUT2D eigenvalue weighted by atomic mass is 9.90. The molecule has 2 amide bonds. The number of rotatable bonds is 4. The standard InChI is InChI=1S/C29H25FN4O3/c30-20-7-2-9-22(16-20)32-28(36)24-15-19-13-17-6-3-11-34-12-4-10-23(25(17)34)26(19)37-29(24)33-21-8-1-5-18(14-21)27(31)35/h1-2,5,7-9,13-16H,3-4,6,10-12H2,(H2,31,35)(H,32,36). The van der Waals surface area contributed by atoms with Crippen LogP contribution in [0.15, 0.2) is 70.1 Å². The van der Waals surface area contributed by atoms with Gasteiger partial charge in [-0.2, -0.15) is 0 Å². The van der Waals surface area contributed by atoms with Crippen LogP contribution in [0, 0.1) is 5.82 Å².